The zero-order valence-corrected chi connectivity index (χ0v) is 29.0. The second-order valence-electron chi connectivity index (χ2n) is 13.8. The fourth-order valence-corrected chi connectivity index (χ4v) is 8.57. The first-order valence-corrected chi connectivity index (χ1v) is 17.5. The Morgan fingerprint density at radius 1 is 0.635 bits per heavy atom. The van der Waals surface area contributed by atoms with Gasteiger partial charge in [-0.2, -0.15) is 0 Å². The number of hydrogen-bond donors (Lipinski definition) is 4. The summed E-state index contributed by atoms with van der Waals surface area (Å²) < 4.78 is 15.7. The minimum absolute atomic E-state index is 0.00375. The third-order valence-corrected chi connectivity index (χ3v) is 11.1. The number of phenolic OH excluding ortho intramolecular Hbond substituents is 1. The number of phenols is 2. The van der Waals surface area contributed by atoms with Crippen LogP contribution in [0, 0.1) is 0 Å². The molecule has 0 radical (unpaired) electrons. The first kappa shape index (κ1) is 32.1. The lowest BCUT2D eigenvalue weighted by molar-refractivity contribution is 0.0837. The topological polar surface area (TPSA) is 116 Å². The molecule has 3 aliphatic rings. The number of aromatic nitrogens is 2. The lowest BCUT2D eigenvalue weighted by Gasteiger charge is -2.49. The number of fused-ring (bicyclic) bond motifs is 10. The summed E-state index contributed by atoms with van der Waals surface area (Å²) in [7, 11) is 3.24. The molecule has 9 rings (SSSR count). The second-order valence-corrected chi connectivity index (χ2v) is 13.8. The van der Waals surface area contributed by atoms with Crippen LogP contribution in [0.15, 0.2) is 85.2 Å². The van der Waals surface area contributed by atoms with E-state index in [1.165, 1.54) is 5.69 Å². The Bertz CT molecular complexity index is 2270. The van der Waals surface area contributed by atoms with Crippen LogP contribution in [0.2, 0.25) is 0 Å². The molecular weight excluding hydrogens is 656 g/mol. The molecule has 2 atom stereocenters. The molecule has 6 aromatic rings. The third kappa shape index (κ3) is 4.86. The largest absolute Gasteiger partial charge is 0.507 e. The Morgan fingerprint density at radius 3 is 1.81 bits per heavy atom. The van der Waals surface area contributed by atoms with Crippen molar-refractivity contribution in [3.05, 3.63) is 130 Å². The molecule has 4 N–H and O–H groups in total. The number of aliphatic hydroxyl groups excluding tert-OH is 2. The Balaban J connectivity index is 1.16. The van der Waals surface area contributed by atoms with Crippen molar-refractivity contribution in [2.24, 2.45) is 0 Å². The smallest absolute Gasteiger partial charge is 0.162 e. The zero-order chi connectivity index (χ0) is 35.7. The number of aliphatic hydroxyl groups is 2. The van der Waals surface area contributed by atoms with E-state index in [0.29, 0.717) is 37.5 Å². The third-order valence-electron chi connectivity index (χ3n) is 11.1. The van der Waals surface area contributed by atoms with Crippen molar-refractivity contribution < 1.29 is 29.9 Å². The number of hydrogen-bond acceptors (Lipinski definition) is 8. The van der Waals surface area contributed by atoms with Gasteiger partial charge in [0.1, 0.15) is 11.5 Å². The van der Waals surface area contributed by atoms with Crippen molar-refractivity contribution in [2.45, 2.75) is 38.4 Å². The van der Waals surface area contributed by atoms with Gasteiger partial charge in [-0.3, -0.25) is 0 Å². The highest BCUT2D eigenvalue weighted by molar-refractivity contribution is 5.94. The van der Waals surface area contributed by atoms with E-state index in [1.54, 1.807) is 26.4 Å². The van der Waals surface area contributed by atoms with Crippen LogP contribution in [0.3, 0.4) is 0 Å². The summed E-state index contributed by atoms with van der Waals surface area (Å²) in [4.78, 5) is 4.85. The molecule has 0 aliphatic carbocycles. The number of rotatable bonds is 8. The number of methoxy groups -OCH3 is 2. The highest BCUT2D eigenvalue weighted by atomic mass is 16.5. The number of ether oxygens (including phenoxy) is 2. The molecule has 3 aliphatic heterocycles. The minimum atomic E-state index is -0.246. The molecule has 10 nitrogen and oxygen atoms in total. The summed E-state index contributed by atoms with van der Waals surface area (Å²) in [6, 6.07) is 23.4. The van der Waals surface area contributed by atoms with E-state index in [4.69, 9.17) is 9.47 Å². The van der Waals surface area contributed by atoms with Crippen molar-refractivity contribution >= 4 is 34.0 Å². The standard InChI is InChI=1S/C42H40N4O6/c1-51-29-10-12-31-33-14-16-44-21-36-39-32(30-11-9-25(23-47)17-34(30)45(39)19-26-5-3-7-28(24-48)41(26)49)13-15-43(36)22-37(44)40(33)46(35(31)18-29)20-27-6-4-8-38(52-2)42(27)50/h3-18,36-37,47-50H,19-24H2,1-2H3. The summed E-state index contributed by atoms with van der Waals surface area (Å²) in [5.41, 5.74) is 9.42. The number of aromatic hydroxyl groups is 2. The molecule has 1 fully saturated rings. The Labute approximate surface area is 300 Å². The van der Waals surface area contributed by atoms with Crippen molar-refractivity contribution in [3.63, 3.8) is 0 Å². The Morgan fingerprint density at radius 2 is 1.21 bits per heavy atom. The lowest BCUT2D eigenvalue weighted by atomic mass is 9.93. The van der Waals surface area contributed by atoms with Crippen molar-refractivity contribution in [3.8, 4) is 23.0 Å². The molecule has 2 aromatic heterocycles. The van der Waals surface area contributed by atoms with Gasteiger partial charge >= 0.3 is 0 Å². The van der Waals surface area contributed by atoms with Gasteiger partial charge in [-0.1, -0.05) is 42.5 Å². The zero-order valence-electron chi connectivity index (χ0n) is 29.0. The average Bonchev–Trinajstić information content (AvgIpc) is 3.66. The van der Waals surface area contributed by atoms with Crippen LogP contribution in [0.25, 0.3) is 34.0 Å². The fourth-order valence-electron chi connectivity index (χ4n) is 8.57. The number of para-hydroxylation sites is 2. The van der Waals surface area contributed by atoms with Crippen LogP contribution >= 0.6 is 0 Å². The van der Waals surface area contributed by atoms with Crippen molar-refractivity contribution in [2.75, 3.05) is 27.3 Å². The molecule has 4 aromatic carbocycles. The van der Waals surface area contributed by atoms with Crippen LogP contribution in [-0.4, -0.2) is 66.7 Å². The molecule has 0 amide bonds. The van der Waals surface area contributed by atoms with Gasteiger partial charge in [-0.05, 0) is 42.0 Å². The van der Waals surface area contributed by atoms with E-state index in [0.717, 1.165) is 61.1 Å². The summed E-state index contributed by atoms with van der Waals surface area (Å²) in [5.74, 6) is 1.44. The molecule has 10 heteroatoms. The summed E-state index contributed by atoms with van der Waals surface area (Å²) in [6.07, 6.45) is 8.82. The molecule has 2 unspecified atom stereocenters. The molecule has 0 bridgehead atoms. The fraction of sp³-hybridized carbons (Fsp3) is 0.238. The van der Waals surface area contributed by atoms with Crippen molar-refractivity contribution in [1.29, 1.82) is 0 Å². The predicted octanol–water partition coefficient (Wildman–Crippen LogP) is 6.47. The normalized spacial score (nSPS) is 17.3. The minimum Gasteiger partial charge on any atom is -0.507 e. The van der Waals surface area contributed by atoms with E-state index in [-0.39, 0.29) is 36.8 Å². The first-order valence-electron chi connectivity index (χ1n) is 17.5. The van der Waals surface area contributed by atoms with Gasteiger partial charge < -0.3 is 48.8 Å². The summed E-state index contributed by atoms with van der Waals surface area (Å²) in [5, 5.41) is 44.5. The second kappa shape index (κ2) is 12.4. The monoisotopic (exact) mass is 696 g/mol. The van der Waals surface area contributed by atoms with Crippen molar-refractivity contribution in [1.82, 2.24) is 18.9 Å². The van der Waals surface area contributed by atoms with Crippen LogP contribution in [0.4, 0.5) is 0 Å². The molecule has 0 saturated carbocycles. The van der Waals surface area contributed by atoms with Gasteiger partial charge in [-0.25, -0.2) is 0 Å². The van der Waals surface area contributed by atoms with E-state index >= 15 is 0 Å². The Hall–Kier alpha value is -5.84. The first-order chi connectivity index (χ1) is 25.4. The maximum Gasteiger partial charge on any atom is 0.162 e. The maximum absolute atomic E-state index is 11.2. The molecule has 5 heterocycles. The molecule has 1 saturated heterocycles. The van der Waals surface area contributed by atoms with Crippen LogP contribution in [0.1, 0.15) is 56.9 Å². The molecule has 264 valence electrons. The number of benzene rings is 4. The van der Waals surface area contributed by atoms with Gasteiger partial charge in [0.2, 0.25) is 0 Å². The molecular formula is C42H40N4O6. The van der Waals surface area contributed by atoms with Gasteiger partial charge in [0.25, 0.3) is 0 Å². The number of nitrogens with zero attached hydrogens (tertiary/aromatic N) is 4. The summed E-state index contributed by atoms with van der Waals surface area (Å²) >= 11 is 0. The SMILES string of the molecule is COc1ccc2c3c(n(Cc4cccc(OC)c4O)c2c1)C1CN2C=Cc4c(n(Cc5cccc(CO)c5O)c5cc(CO)ccc45)C2CN1C=C3. The van der Waals surface area contributed by atoms with E-state index < -0.39 is 0 Å². The molecule has 0 spiro atoms. The molecule has 52 heavy (non-hydrogen) atoms. The predicted molar refractivity (Wildman–Crippen MR) is 200 cm³/mol. The summed E-state index contributed by atoms with van der Waals surface area (Å²) in [6.45, 7) is 1.95. The van der Waals surface area contributed by atoms with Gasteiger partial charge in [0.05, 0.1) is 69.5 Å². The Kier molecular flexibility index (Phi) is 7.67. The van der Waals surface area contributed by atoms with Crippen LogP contribution in [-0.2, 0) is 26.3 Å². The van der Waals surface area contributed by atoms with E-state index in [2.05, 4.69) is 61.7 Å². The average molecular weight is 697 g/mol. The van der Waals surface area contributed by atoms with Gasteiger partial charge in [-0.15, -0.1) is 0 Å². The lowest BCUT2D eigenvalue weighted by Crippen LogP contribution is -2.48. The van der Waals surface area contributed by atoms with E-state index in [9.17, 15) is 20.4 Å². The van der Waals surface area contributed by atoms with Crippen LogP contribution < -0.4 is 9.47 Å². The van der Waals surface area contributed by atoms with Gasteiger partial charge in [0, 0.05) is 75.7 Å². The number of piperazine rings is 1. The highest BCUT2D eigenvalue weighted by Crippen LogP contribution is 2.48. The highest BCUT2D eigenvalue weighted by Gasteiger charge is 2.41. The van der Waals surface area contributed by atoms with Crippen LogP contribution in [0.5, 0.6) is 23.0 Å². The van der Waals surface area contributed by atoms with E-state index in [1.807, 2.05) is 42.5 Å². The maximum atomic E-state index is 11.2. The van der Waals surface area contributed by atoms with Gasteiger partial charge in [0.15, 0.2) is 11.5 Å². The quantitative estimate of drug-likeness (QED) is 0.143.